The number of esters is 2. The molecule has 1 N–H and O–H groups in total. The molecule has 8 heteroatoms. The van der Waals surface area contributed by atoms with Crippen LogP contribution in [0, 0.1) is 0 Å². The molecule has 0 aromatic rings. The summed E-state index contributed by atoms with van der Waals surface area (Å²) in [6.45, 7) is 11.1. The zero-order chi connectivity index (χ0) is 18.7. The maximum atomic E-state index is 12.5. The summed E-state index contributed by atoms with van der Waals surface area (Å²) in [7, 11) is 0. The molecule has 1 saturated heterocycles. The van der Waals surface area contributed by atoms with E-state index in [-0.39, 0.29) is 6.61 Å². The molecule has 1 heterocycles. The Morgan fingerprint density at radius 3 is 2.17 bits per heavy atom. The first-order valence-corrected chi connectivity index (χ1v) is 7.79. The molecule has 0 saturated carbocycles. The smallest absolute Gasteiger partial charge is 0.303 e. The van der Waals surface area contributed by atoms with E-state index in [1.807, 2.05) is 20.8 Å². The molecule has 1 aliphatic rings. The zero-order valence-corrected chi connectivity index (χ0v) is 15.3. The zero-order valence-electron chi connectivity index (χ0n) is 15.3. The van der Waals surface area contributed by atoms with Gasteiger partial charge in [-0.25, -0.2) is 0 Å². The summed E-state index contributed by atoms with van der Waals surface area (Å²) in [5.74, 6) is -2.61. The van der Waals surface area contributed by atoms with Gasteiger partial charge in [-0.15, -0.1) is 0 Å². The van der Waals surface area contributed by atoms with Crippen molar-refractivity contribution in [3.8, 4) is 0 Å². The van der Waals surface area contributed by atoms with Crippen LogP contribution in [0.2, 0.25) is 0 Å². The third-order valence-corrected chi connectivity index (χ3v) is 3.02. The maximum absolute atomic E-state index is 12.5. The van der Waals surface area contributed by atoms with Gasteiger partial charge < -0.3 is 24.3 Å². The molecule has 0 unspecified atom stereocenters. The predicted molar refractivity (Wildman–Crippen MR) is 83.9 cm³/mol. The van der Waals surface area contributed by atoms with Gasteiger partial charge in [0.2, 0.25) is 6.10 Å². The van der Waals surface area contributed by atoms with Gasteiger partial charge in [-0.2, -0.15) is 0 Å². The van der Waals surface area contributed by atoms with Gasteiger partial charge in [0, 0.05) is 19.4 Å². The number of ether oxygens (including phenoxy) is 4. The highest BCUT2D eigenvalue weighted by molar-refractivity contribution is 5.84. The molecular formula is C16H27NO7. The fourth-order valence-electron chi connectivity index (χ4n) is 2.34. The second kappa shape index (κ2) is 7.48. The van der Waals surface area contributed by atoms with Gasteiger partial charge in [0.05, 0.1) is 0 Å². The summed E-state index contributed by atoms with van der Waals surface area (Å²) in [4.78, 5) is 35.0. The monoisotopic (exact) mass is 345 g/mol. The first kappa shape index (κ1) is 20.4. The second-order valence-corrected chi connectivity index (χ2v) is 7.21. The normalized spacial score (nSPS) is 24.1. The number of hydrogen-bond acceptors (Lipinski definition) is 7. The van der Waals surface area contributed by atoms with Crippen LogP contribution in [0.5, 0.6) is 0 Å². The Balaban J connectivity index is 3.01. The molecule has 1 aliphatic heterocycles. The van der Waals surface area contributed by atoms with Gasteiger partial charge in [0.25, 0.3) is 5.91 Å². The Labute approximate surface area is 142 Å². The van der Waals surface area contributed by atoms with E-state index in [9.17, 15) is 14.4 Å². The quantitative estimate of drug-likeness (QED) is 0.739. The fourth-order valence-corrected chi connectivity index (χ4v) is 2.34. The Hall–Kier alpha value is -1.67. The van der Waals surface area contributed by atoms with Crippen LogP contribution in [0.3, 0.4) is 0 Å². The van der Waals surface area contributed by atoms with E-state index in [0.29, 0.717) is 0 Å². The average Bonchev–Trinajstić information content (AvgIpc) is 2.66. The molecule has 1 fully saturated rings. The Morgan fingerprint density at radius 1 is 1.12 bits per heavy atom. The minimum absolute atomic E-state index is 0.107. The molecule has 1 rings (SSSR count). The van der Waals surface area contributed by atoms with E-state index in [1.54, 1.807) is 13.8 Å². The summed E-state index contributed by atoms with van der Waals surface area (Å²) < 4.78 is 21.6. The molecule has 3 atom stereocenters. The Kier molecular flexibility index (Phi) is 6.35. The van der Waals surface area contributed by atoms with E-state index >= 15 is 0 Å². The lowest BCUT2D eigenvalue weighted by Gasteiger charge is -2.29. The highest BCUT2D eigenvalue weighted by Gasteiger charge is 2.49. The first-order chi connectivity index (χ1) is 10.8. The molecule has 0 spiro atoms. The molecule has 24 heavy (non-hydrogen) atoms. The van der Waals surface area contributed by atoms with Crippen LogP contribution in [0.4, 0.5) is 0 Å². The van der Waals surface area contributed by atoms with Gasteiger partial charge in [-0.3, -0.25) is 14.4 Å². The van der Waals surface area contributed by atoms with Crippen LogP contribution in [0.1, 0.15) is 48.5 Å². The van der Waals surface area contributed by atoms with E-state index in [2.05, 4.69) is 5.32 Å². The third-order valence-electron chi connectivity index (χ3n) is 3.02. The van der Waals surface area contributed by atoms with Crippen LogP contribution in [0.15, 0.2) is 0 Å². The summed E-state index contributed by atoms with van der Waals surface area (Å²) in [6.07, 6.45) is -2.85. The van der Waals surface area contributed by atoms with E-state index in [1.165, 1.54) is 13.8 Å². The lowest BCUT2D eigenvalue weighted by Crippen LogP contribution is -2.54. The van der Waals surface area contributed by atoms with Crippen molar-refractivity contribution in [2.45, 2.75) is 78.1 Å². The minimum atomic E-state index is -1.22. The Morgan fingerprint density at radius 2 is 1.71 bits per heavy atom. The molecule has 8 nitrogen and oxygen atoms in total. The van der Waals surface area contributed by atoms with Gasteiger partial charge in [0.1, 0.15) is 18.8 Å². The molecule has 0 aromatic heterocycles. The maximum Gasteiger partial charge on any atom is 0.303 e. The fraction of sp³-hybridized carbons (Fsp3) is 0.812. The number of rotatable bonds is 5. The first-order valence-electron chi connectivity index (χ1n) is 7.79. The highest BCUT2D eigenvalue weighted by Crippen LogP contribution is 2.31. The second-order valence-electron chi connectivity index (χ2n) is 7.21. The van der Waals surface area contributed by atoms with E-state index in [4.69, 9.17) is 18.9 Å². The highest BCUT2D eigenvalue weighted by atomic mass is 16.8. The molecule has 0 aromatic carbocycles. The van der Waals surface area contributed by atoms with Crippen molar-refractivity contribution in [1.29, 1.82) is 0 Å². The van der Waals surface area contributed by atoms with Gasteiger partial charge in [0.15, 0.2) is 5.79 Å². The van der Waals surface area contributed by atoms with Crippen molar-refractivity contribution in [3.63, 3.8) is 0 Å². The summed E-state index contributed by atoms with van der Waals surface area (Å²) >= 11 is 0. The van der Waals surface area contributed by atoms with Crippen LogP contribution >= 0.6 is 0 Å². The van der Waals surface area contributed by atoms with Crippen molar-refractivity contribution in [3.05, 3.63) is 0 Å². The van der Waals surface area contributed by atoms with Crippen LogP contribution in [0.25, 0.3) is 0 Å². The molecule has 0 bridgehead atoms. The molecule has 138 valence electrons. The molecule has 0 aliphatic carbocycles. The topological polar surface area (TPSA) is 100 Å². The van der Waals surface area contributed by atoms with Crippen molar-refractivity contribution in [2.24, 2.45) is 0 Å². The van der Waals surface area contributed by atoms with E-state index in [0.717, 1.165) is 0 Å². The van der Waals surface area contributed by atoms with Crippen molar-refractivity contribution in [2.75, 3.05) is 6.61 Å². The van der Waals surface area contributed by atoms with Crippen LogP contribution < -0.4 is 5.32 Å². The van der Waals surface area contributed by atoms with Gasteiger partial charge >= 0.3 is 11.9 Å². The number of carbonyl (C=O) groups excluding carboxylic acids is 3. The summed E-state index contributed by atoms with van der Waals surface area (Å²) in [6, 6.07) is 0. The Bertz CT molecular complexity index is 495. The largest absolute Gasteiger partial charge is 0.463 e. The lowest BCUT2D eigenvalue weighted by molar-refractivity contribution is -0.175. The number of carbonyl (C=O) groups is 3. The average molecular weight is 345 g/mol. The number of hydrogen-bond donors (Lipinski definition) is 1. The van der Waals surface area contributed by atoms with Crippen molar-refractivity contribution in [1.82, 2.24) is 5.32 Å². The van der Waals surface area contributed by atoms with Crippen molar-refractivity contribution < 1.29 is 33.3 Å². The predicted octanol–water partition coefficient (Wildman–Crippen LogP) is 0.916. The third kappa shape index (κ3) is 6.45. The van der Waals surface area contributed by atoms with Crippen LogP contribution in [-0.4, -0.2) is 54.1 Å². The summed E-state index contributed by atoms with van der Waals surface area (Å²) in [5.41, 5.74) is -0.518. The number of nitrogens with one attached hydrogen (secondary N) is 1. The lowest BCUT2D eigenvalue weighted by atomic mass is 10.0. The SMILES string of the molecule is CC(=O)OC[C@H]1OC(C)(C)O[C@H]1[C@@H](OC(C)=O)C(=O)NC(C)(C)C. The van der Waals surface area contributed by atoms with Gasteiger partial charge in [-0.1, -0.05) is 0 Å². The van der Waals surface area contributed by atoms with Crippen LogP contribution in [-0.2, 0) is 33.3 Å². The standard InChI is InChI=1S/C16H27NO7/c1-9(18)21-8-11-12(24-16(6,7)23-11)13(22-10(2)19)14(20)17-15(3,4)5/h11-13H,8H2,1-7H3,(H,17,20)/t11-,12-,13-/m1/s1. The van der Waals surface area contributed by atoms with E-state index < -0.39 is 47.5 Å². The summed E-state index contributed by atoms with van der Waals surface area (Å²) in [5, 5.41) is 2.75. The van der Waals surface area contributed by atoms with Crippen molar-refractivity contribution >= 4 is 17.8 Å². The molecule has 1 amide bonds. The van der Waals surface area contributed by atoms with Gasteiger partial charge in [-0.05, 0) is 34.6 Å². The number of amides is 1. The molecular weight excluding hydrogens is 318 g/mol. The molecule has 0 radical (unpaired) electrons. The minimum Gasteiger partial charge on any atom is -0.463 e.